The Balaban J connectivity index is 1.90. The van der Waals surface area contributed by atoms with Crippen molar-refractivity contribution in [2.45, 2.75) is 39.2 Å². The van der Waals surface area contributed by atoms with Crippen LogP contribution in [0.1, 0.15) is 42.3 Å². The van der Waals surface area contributed by atoms with Gasteiger partial charge < -0.3 is 19.5 Å². The molecule has 1 saturated heterocycles. The van der Waals surface area contributed by atoms with Gasteiger partial charge in [-0.25, -0.2) is 0 Å². The number of aliphatic carboxylic acids is 1. The first kappa shape index (κ1) is 20.4. The number of carboxylic acids is 1. The molecule has 1 aliphatic rings. The number of carbonyl (C=O) groups excluding carboxylic acids is 1. The first-order valence-electron chi connectivity index (χ1n) is 9.36. The van der Waals surface area contributed by atoms with Crippen LogP contribution in [0.4, 0.5) is 0 Å². The molecule has 7 heteroatoms. The lowest BCUT2D eigenvalue weighted by molar-refractivity contribution is -0.162. The second-order valence-electron chi connectivity index (χ2n) is 7.30. The van der Waals surface area contributed by atoms with Gasteiger partial charge in [-0.3, -0.25) is 9.59 Å². The maximum absolute atomic E-state index is 13.1. The van der Waals surface area contributed by atoms with Crippen molar-refractivity contribution in [2.24, 2.45) is 5.41 Å². The maximum Gasteiger partial charge on any atom is 0.314 e. The summed E-state index contributed by atoms with van der Waals surface area (Å²) in [5, 5.41) is 20.7. The molecule has 0 unspecified atom stereocenters. The molecular weight excluding hydrogens is 382 g/mol. The van der Waals surface area contributed by atoms with E-state index in [0.29, 0.717) is 47.1 Å². The molecule has 1 aliphatic heterocycles. The van der Waals surface area contributed by atoms with E-state index in [-0.39, 0.29) is 18.9 Å². The first-order valence-corrected chi connectivity index (χ1v) is 9.74. The topological polar surface area (TPSA) is 91.0 Å². The van der Waals surface area contributed by atoms with Crippen LogP contribution >= 0.6 is 11.6 Å². The normalized spacial score (nSPS) is 22.3. The van der Waals surface area contributed by atoms with E-state index in [4.69, 9.17) is 16.0 Å². The Kier molecular flexibility index (Phi) is 5.82. The van der Waals surface area contributed by atoms with E-state index in [1.54, 1.807) is 19.1 Å². The minimum absolute atomic E-state index is 0.0256. The number of halogens is 1. The van der Waals surface area contributed by atoms with Crippen LogP contribution in [0.3, 0.4) is 0 Å². The highest BCUT2D eigenvalue weighted by molar-refractivity contribution is 6.33. The summed E-state index contributed by atoms with van der Waals surface area (Å²) < 4.78 is 5.76. The molecule has 28 heavy (non-hydrogen) atoms. The van der Waals surface area contributed by atoms with Gasteiger partial charge in [0.1, 0.15) is 16.9 Å². The monoisotopic (exact) mass is 405 g/mol. The van der Waals surface area contributed by atoms with Crippen LogP contribution in [0.25, 0.3) is 11.3 Å². The van der Waals surface area contributed by atoms with Crippen LogP contribution in [0.2, 0.25) is 5.02 Å². The smallest absolute Gasteiger partial charge is 0.314 e. The molecule has 6 nitrogen and oxygen atoms in total. The van der Waals surface area contributed by atoms with Crippen LogP contribution in [-0.2, 0) is 4.79 Å². The van der Waals surface area contributed by atoms with Gasteiger partial charge in [-0.2, -0.15) is 0 Å². The molecule has 2 aromatic rings. The van der Waals surface area contributed by atoms with Crippen LogP contribution in [0, 0.1) is 12.3 Å². The van der Waals surface area contributed by atoms with Gasteiger partial charge in [0.05, 0.1) is 16.7 Å². The van der Waals surface area contributed by atoms with Gasteiger partial charge in [0.15, 0.2) is 0 Å². The average molecular weight is 406 g/mol. The fourth-order valence-corrected chi connectivity index (χ4v) is 4.15. The number of benzene rings is 1. The van der Waals surface area contributed by atoms with Crippen molar-refractivity contribution in [1.29, 1.82) is 0 Å². The number of hydrogen-bond acceptors (Lipinski definition) is 4. The number of aliphatic hydroxyl groups excluding tert-OH is 1. The second-order valence-corrected chi connectivity index (χ2v) is 7.71. The Bertz CT molecular complexity index is 893. The van der Waals surface area contributed by atoms with E-state index in [1.165, 1.54) is 4.90 Å². The van der Waals surface area contributed by atoms with Gasteiger partial charge >= 0.3 is 5.97 Å². The van der Waals surface area contributed by atoms with E-state index in [1.807, 2.05) is 25.1 Å². The molecule has 0 saturated carbocycles. The molecule has 3 rings (SSSR count). The standard InChI is InChI=1S/C21H24ClNO5/c1-3-9-21(20(26)27)12-23(10-8-18(21)24)19(25)15-11-17(28-13(15)2)14-6-4-5-7-16(14)22/h4-7,11,18,24H,3,8-10,12H2,1-2H3,(H,26,27)/t18-,21+/m0/s1. The molecule has 150 valence electrons. The molecule has 2 atom stereocenters. The number of aliphatic hydroxyl groups is 1. The highest BCUT2D eigenvalue weighted by Crippen LogP contribution is 2.37. The Morgan fingerprint density at radius 3 is 2.71 bits per heavy atom. The molecule has 1 fully saturated rings. The predicted octanol–water partition coefficient (Wildman–Crippen LogP) is 3.99. The highest BCUT2D eigenvalue weighted by Gasteiger charge is 2.49. The summed E-state index contributed by atoms with van der Waals surface area (Å²) in [5.74, 6) is -0.433. The van der Waals surface area contributed by atoms with E-state index >= 15 is 0 Å². The number of carboxylic acid groups (broad SMARTS) is 1. The van der Waals surface area contributed by atoms with Crippen molar-refractivity contribution in [1.82, 2.24) is 4.90 Å². The average Bonchev–Trinajstić information content (AvgIpc) is 3.04. The number of nitrogens with zero attached hydrogens (tertiary/aromatic N) is 1. The van der Waals surface area contributed by atoms with Gasteiger partial charge in [0.25, 0.3) is 5.91 Å². The molecule has 0 spiro atoms. The third-order valence-electron chi connectivity index (χ3n) is 5.48. The van der Waals surface area contributed by atoms with Crippen molar-refractivity contribution >= 4 is 23.5 Å². The molecule has 1 aromatic heterocycles. The lowest BCUT2D eigenvalue weighted by Gasteiger charge is -2.43. The fraction of sp³-hybridized carbons (Fsp3) is 0.429. The Morgan fingerprint density at radius 1 is 1.36 bits per heavy atom. The number of rotatable bonds is 5. The fourth-order valence-electron chi connectivity index (χ4n) is 3.92. The summed E-state index contributed by atoms with van der Waals surface area (Å²) in [4.78, 5) is 26.6. The number of likely N-dealkylation sites (tertiary alicyclic amines) is 1. The largest absolute Gasteiger partial charge is 0.481 e. The zero-order valence-corrected chi connectivity index (χ0v) is 16.7. The summed E-state index contributed by atoms with van der Waals surface area (Å²) in [5.41, 5.74) is -0.278. The zero-order chi connectivity index (χ0) is 20.5. The Hall–Kier alpha value is -2.31. The van der Waals surface area contributed by atoms with E-state index in [0.717, 1.165) is 0 Å². The molecule has 0 aliphatic carbocycles. The van der Waals surface area contributed by atoms with E-state index in [9.17, 15) is 19.8 Å². The Morgan fingerprint density at radius 2 is 2.07 bits per heavy atom. The molecule has 2 N–H and O–H groups in total. The van der Waals surface area contributed by atoms with Crippen molar-refractivity contribution in [3.05, 3.63) is 46.7 Å². The van der Waals surface area contributed by atoms with Crippen LogP contribution in [0.15, 0.2) is 34.7 Å². The van der Waals surface area contributed by atoms with Gasteiger partial charge in [0.2, 0.25) is 0 Å². The molecular formula is C21H24ClNO5. The molecule has 1 amide bonds. The van der Waals surface area contributed by atoms with Gasteiger partial charge in [0, 0.05) is 18.7 Å². The molecule has 0 bridgehead atoms. The SMILES string of the molecule is CCC[C@@]1(C(=O)O)CN(C(=O)c2cc(-c3ccccc3Cl)oc2C)CC[C@@H]1O. The summed E-state index contributed by atoms with van der Waals surface area (Å²) in [6.45, 7) is 3.84. The number of piperidine rings is 1. The van der Waals surface area contributed by atoms with Crippen molar-refractivity contribution in [3.8, 4) is 11.3 Å². The number of aryl methyl sites for hydroxylation is 1. The van der Waals surface area contributed by atoms with Crippen LogP contribution < -0.4 is 0 Å². The summed E-state index contributed by atoms with van der Waals surface area (Å²) >= 11 is 6.22. The van der Waals surface area contributed by atoms with Crippen molar-refractivity contribution < 1.29 is 24.2 Å². The van der Waals surface area contributed by atoms with Crippen molar-refractivity contribution in [3.63, 3.8) is 0 Å². The molecule has 1 aromatic carbocycles. The molecule has 0 radical (unpaired) electrons. The summed E-state index contributed by atoms with van der Waals surface area (Å²) in [7, 11) is 0. The van der Waals surface area contributed by atoms with E-state index in [2.05, 4.69) is 0 Å². The number of carbonyl (C=O) groups is 2. The third kappa shape index (κ3) is 3.54. The lowest BCUT2D eigenvalue weighted by Crippen LogP contribution is -2.57. The first-order chi connectivity index (χ1) is 13.3. The Labute approximate surface area is 168 Å². The number of hydrogen-bond donors (Lipinski definition) is 2. The van der Waals surface area contributed by atoms with Crippen molar-refractivity contribution in [2.75, 3.05) is 13.1 Å². The van der Waals surface area contributed by atoms with Crippen LogP contribution in [-0.4, -0.2) is 46.2 Å². The highest BCUT2D eigenvalue weighted by atomic mass is 35.5. The lowest BCUT2D eigenvalue weighted by atomic mass is 9.74. The summed E-state index contributed by atoms with van der Waals surface area (Å²) in [6, 6.07) is 8.84. The quantitative estimate of drug-likeness (QED) is 0.784. The summed E-state index contributed by atoms with van der Waals surface area (Å²) in [6.07, 6.45) is 0.167. The third-order valence-corrected chi connectivity index (χ3v) is 5.81. The second kappa shape index (κ2) is 7.97. The predicted molar refractivity (Wildman–Crippen MR) is 105 cm³/mol. The van der Waals surface area contributed by atoms with Crippen LogP contribution in [0.5, 0.6) is 0 Å². The number of amides is 1. The minimum Gasteiger partial charge on any atom is -0.481 e. The minimum atomic E-state index is -1.34. The van der Waals surface area contributed by atoms with E-state index < -0.39 is 17.5 Å². The maximum atomic E-state index is 13.1. The molecule has 2 heterocycles. The van der Waals surface area contributed by atoms with Gasteiger partial charge in [-0.05, 0) is 38.0 Å². The zero-order valence-electron chi connectivity index (χ0n) is 15.9. The van der Waals surface area contributed by atoms with Gasteiger partial charge in [-0.15, -0.1) is 0 Å². The number of furan rings is 1. The van der Waals surface area contributed by atoms with Gasteiger partial charge in [-0.1, -0.05) is 37.1 Å².